The number of benzene rings is 2. The Balaban J connectivity index is 1.83. The van der Waals surface area contributed by atoms with Crippen LogP contribution in [0.1, 0.15) is 90.1 Å². The Morgan fingerprint density at radius 3 is 1.89 bits per heavy atom. The topological polar surface area (TPSA) is 12.1 Å². The van der Waals surface area contributed by atoms with Gasteiger partial charge in [0.15, 0.2) is 0 Å². The van der Waals surface area contributed by atoms with Crippen LogP contribution in [0.4, 0.5) is 5.69 Å². The molecule has 5 heteroatoms. The molecule has 0 radical (unpaired) electrons. The van der Waals surface area contributed by atoms with Crippen LogP contribution in [0.2, 0.25) is 0 Å². The van der Waals surface area contributed by atoms with Crippen molar-refractivity contribution in [1.82, 2.24) is 4.57 Å². The van der Waals surface area contributed by atoms with Crippen LogP contribution in [0, 0.1) is 13.8 Å². The summed E-state index contributed by atoms with van der Waals surface area (Å²) in [6.45, 7) is 26.2. The molecule has 2 aromatic carbocycles. The molecule has 0 spiro atoms. The first kappa shape index (κ1) is 25.9. The molecule has 192 valence electrons. The molecule has 0 bridgehead atoms. The van der Waals surface area contributed by atoms with Gasteiger partial charge in [0.1, 0.15) is 12.4 Å². The number of hydrogen-bond donors (Lipinski definition) is 0. The molecule has 0 aliphatic carbocycles. The lowest BCUT2D eigenvalue weighted by Gasteiger charge is -2.38. The number of anilines is 1. The van der Waals surface area contributed by atoms with Gasteiger partial charge < -0.3 is 4.81 Å². The van der Waals surface area contributed by atoms with Gasteiger partial charge in [0.25, 0.3) is 12.4 Å². The molecule has 0 amide bonds. The maximum Gasteiger partial charge on any atom is 0.465 e. The molecule has 0 fully saturated rings. The van der Waals surface area contributed by atoms with Gasteiger partial charge >= 0.3 is 6.87 Å². The average Bonchev–Trinajstić information content (AvgIpc) is 3.37. The molecule has 0 unspecified atom stereocenters. The van der Waals surface area contributed by atoms with Crippen molar-refractivity contribution < 1.29 is 4.48 Å². The third-order valence-electron chi connectivity index (χ3n) is 8.45. The van der Waals surface area contributed by atoms with Crippen molar-refractivity contribution in [3.8, 4) is 11.4 Å². The summed E-state index contributed by atoms with van der Waals surface area (Å²) in [4.78, 5) is 2.60. The van der Waals surface area contributed by atoms with Crippen LogP contribution < -0.4 is 14.8 Å². The van der Waals surface area contributed by atoms with Crippen molar-refractivity contribution >= 4 is 24.6 Å². The van der Waals surface area contributed by atoms with Gasteiger partial charge in [-0.2, -0.15) is 0 Å². The van der Waals surface area contributed by atoms with Crippen molar-refractivity contribution in [3.63, 3.8) is 0 Å². The maximum absolute atomic E-state index is 2.60. The number of imidazole rings is 1. The molecular weight excluding hydrogens is 448 g/mol. The largest absolute Gasteiger partial charge is 0.465 e. The average molecular weight is 492 g/mol. The van der Waals surface area contributed by atoms with E-state index >= 15 is 0 Å². The SMILES string of the molecule is Cc1ccc(C)c2c1B1C=CN(c3c(C(C)(C)C)cc(C(C)(C)C)cc3C(C)(C)C)B1[n+]1ccn(C)c1-2. The summed E-state index contributed by atoms with van der Waals surface area (Å²) < 4.78 is 4.83. The Hall–Kier alpha value is -2.68. The van der Waals surface area contributed by atoms with Crippen molar-refractivity contribution in [1.29, 1.82) is 0 Å². The van der Waals surface area contributed by atoms with Crippen molar-refractivity contribution in [2.75, 3.05) is 4.81 Å². The highest BCUT2D eigenvalue weighted by atomic mass is 15.2. The van der Waals surface area contributed by atoms with Crippen LogP contribution in [0.3, 0.4) is 0 Å². The van der Waals surface area contributed by atoms with Crippen LogP contribution in [0.15, 0.2) is 48.8 Å². The molecule has 0 saturated carbocycles. The van der Waals surface area contributed by atoms with Gasteiger partial charge in [0.05, 0.1) is 12.6 Å². The Labute approximate surface area is 225 Å². The van der Waals surface area contributed by atoms with E-state index in [-0.39, 0.29) is 23.1 Å². The van der Waals surface area contributed by atoms with Crippen molar-refractivity contribution in [3.05, 3.63) is 76.7 Å². The minimum Gasteiger partial charge on any atom is -0.357 e. The second-order valence-corrected chi connectivity index (χ2v) is 14.5. The minimum absolute atomic E-state index is 0.00574. The molecule has 1 aromatic heterocycles. The lowest BCUT2D eigenvalue weighted by atomic mass is 9.16. The lowest BCUT2D eigenvalue weighted by molar-refractivity contribution is -0.521. The molecule has 37 heavy (non-hydrogen) atoms. The van der Waals surface area contributed by atoms with Crippen LogP contribution in [-0.4, -0.2) is 18.0 Å². The highest BCUT2D eigenvalue weighted by Crippen LogP contribution is 2.45. The van der Waals surface area contributed by atoms with Crippen LogP contribution >= 0.6 is 0 Å². The number of nitrogens with zero attached hydrogens (tertiary/aromatic N) is 3. The first-order valence-electron chi connectivity index (χ1n) is 13.8. The zero-order chi connectivity index (χ0) is 27.2. The molecular formula is C32H44B2N3+. The number of hydrogen-bond acceptors (Lipinski definition) is 1. The molecule has 2 aliphatic heterocycles. The normalized spacial score (nSPS) is 15.3. The van der Waals surface area contributed by atoms with Gasteiger partial charge in [0, 0.05) is 5.69 Å². The second kappa shape index (κ2) is 8.16. The number of aromatic nitrogens is 2. The van der Waals surface area contributed by atoms with Gasteiger partial charge in [-0.25, -0.2) is 4.57 Å². The van der Waals surface area contributed by atoms with E-state index in [0.29, 0.717) is 6.60 Å². The summed E-state index contributed by atoms with van der Waals surface area (Å²) in [5.41, 5.74) is 11.4. The van der Waals surface area contributed by atoms with Crippen molar-refractivity contribution in [2.45, 2.75) is 92.4 Å². The summed E-state index contributed by atoms with van der Waals surface area (Å²) in [6.07, 6.45) is 6.89. The van der Waals surface area contributed by atoms with E-state index < -0.39 is 0 Å². The zero-order valence-corrected chi connectivity index (χ0v) is 25.1. The first-order valence-corrected chi connectivity index (χ1v) is 13.8. The van der Waals surface area contributed by atoms with Crippen LogP contribution in [0.25, 0.3) is 11.4 Å². The minimum atomic E-state index is 0.00574. The molecule has 5 rings (SSSR count). The second-order valence-electron chi connectivity index (χ2n) is 14.5. The van der Waals surface area contributed by atoms with Crippen LogP contribution in [-0.2, 0) is 23.3 Å². The predicted molar refractivity (Wildman–Crippen MR) is 161 cm³/mol. The smallest absolute Gasteiger partial charge is 0.357 e. The summed E-state index contributed by atoms with van der Waals surface area (Å²) in [6, 6.07) is 9.57. The van der Waals surface area contributed by atoms with Crippen molar-refractivity contribution in [2.24, 2.45) is 7.05 Å². The van der Waals surface area contributed by atoms with Gasteiger partial charge in [-0.3, -0.25) is 4.48 Å². The number of aryl methyl sites for hydroxylation is 3. The third-order valence-corrected chi connectivity index (χ3v) is 8.45. The fourth-order valence-electron chi connectivity index (χ4n) is 6.37. The predicted octanol–water partition coefficient (Wildman–Crippen LogP) is 6.19. The number of fused-ring (bicyclic) bond motifs is 6. The molecule has 0 atom stereocenters. The summed E-state index contributed by atoms with van der Waals surface area (Å²) in [7, 11) is 2.18. The first-order chi connectivity index (χ1) is 17.0. The van der Waals surface area contributed by atoms with Gasteiger partial charge in [0.2, 0.25) is 0 Å². The monoisotopic (exact) mass is 492 g/mol. The summed E-state index contributed by atoms with van der Waals surface area (Å²) >= 11 is 0. The fourth-order valence-corrected chi connectivity index (χ4v) is 6.37. The maximum atomic E-state index is 2.60. The Kier molecular flexibility index (Phi) is 5.72. The highest BCUT2D eigenvalue weighted by Gasteiger charge is 2.54. The molecule has 3 nitrogen and oxygen atoms in total. The Morgan fingerprint density at radius 1 is 0.784 bits per heavy atom. The van der Waals surface area contributed by atoms with E-state index in [2.05, 4.69) is 146 Å². The fraction of sp³-hybridized carbons (Fsp3) is 0.469. The van der Waals surface area contributed by atoms with Gasteiger partial charge in [-0.05, 0) is 58.5 Å². The Bertz CT molecular complexity index is 1390. The molecule has 3 heterocycles. The third kappa shape index (κ3) is 4.01. The molecule has 2 aliphatic rings. The summed E-state index contributed by atoms with van der Waals surface area (Å²) in [5.74, 6) is 3.75. The standard InChI is InChI=1S/C32H44B2N3/c1-21-13-14-22(2)27-26(21)29-35(12)17-18-37(29)34-33(27)15-16-36(34)28-24(31(6,7)8)19-23(30(3,4)5)20-25(28)32(9,10)11/h13-20H,1-12H3/q+1. The van der Waals surface area contributed by atoms with E-state index in [0.717, 1.165) is 0 Å². The Morgan fingerprint density at radius 2 is 1.35 bits per heavy atom. The molecule has 0 N–H and O–H groups in total. The van der Waals surface area contributed by atoms with E-state index in [4.69, 9.17) is 0 Å². The van der Waals surface area contributed by atoms with E-state index in [9.17, 15) is 0 Å². The van der Waals surface area contributed by atoms with E-state index in [1.54, 1.807) is 0 Å². The summed E-state index contributed by atoms with van der Waals surface area (Å²) in [5, 5.41) is 0. The van der Waals surface area contributed by atoms with E-state index in [1.165, 1.54) is 50.4 Å². The molecule has 3 aromatic rings. The highest BCUT2D eigenvalue weighted by molar-refractivity contribution is 7.30. The number of rotatable bonds is 1. The molecule has 0 saturated heterocycles. The quantitative estimate of drug-likeness (QED) is 0.369. The van der Waals surface area contributed by atoms with Gasteiger partial charge in [-0.15, -0.1) is 0 Å². The van der Waals surface area contributed by atoms with Gasteiger partial charge in [-0.1, -0.05) is 104 Å². The zero-order valence-electron chi connectivity index (χ0n) is 25.1. The van der Waals surface area contributed by atoms with Crippen LogP contribution in [0.5, 0.6) is 0 Å². The lowest BCUT2D eigenvalue weighted by Crippen LogP contribution is -2.72. The van der Waals surface area contributed by atoms with E-state index in [1.807, 2.05) is 0 Å².